The molecule has 5 atom stereocenters. The first-order valence-corrected chi connectivity index (χ1v) is 19.4. The maximum Gasteiger partial charge on any atom is 0.330 e. The number of benzene rings is 1. The van der Waals surface area contributed by atoms with Crippen molar-refractivity contribution in [2.24, 2.45) is 11.3 Å². The molecule has 55 heavy (non-hydrogen) atoms. The Morgan fingerprint density at radius 3 is 2.44 bits per heavy atom. The van der Waals surface area contributed by atoms with Gasteiger partial charge in [0.1, 0.15) is 40.9 Å². The number of rotatable bonds is 12. The number of carboxylic acid groups (broad SMARTS) is 1. The average molecular weight is 776 g/mol. The number of anilines is 1. The third kappa shape index (κ3) is 8.38. The van der Waals surface area contributed by atoms with Crippen LogP contribution in [0.2, 0.25) is 0 Å². The summed E-state index contributed by atoms with van der Waals surface area (Å²) in [4.78, 5) is 76.8. The summed E-state index contributed by atoms with van der Waals surface area (Å²) in [5.41, 5.74) is 0.106. The number of carbonyl (C=O) groups is 5. The minimum Gasteiger partial charge on any atom is -0.496 e. The number of carbonyl (C=O) groups excluding carboxylic acids is 4. The van der Waals surface area contributed by atoms with Crippen molar-refractivity contribution < 1.29 is 38.6 Å². The van der Waals surface area contributed by atoms with Crippen LogP contribution in [-0.2, 0) is 19.2 Å². The smallest absolute Gasteiger partial charge is 0.330 e. The van der Waals surface area contributed by atoms with E-state index in [2.05, 4.69) is 32.8 Å². The monoisotopic (exact) mass is 775 g/mol. The third-order valence-electron chi connectivity index (χ3n) is 10.6. The van der Waals surface area contributed by atoms with Crippen molar-refractivity contribution in [3.05, 3.63) is 41.8 Å². The number of hydrogen-bond donors (Lipinski definition) is 5. The van der Waals surface area contributed by atoms with Crippen molar-refractivity contribution >= 4 is 57.1 Å². The fraction of sp³-hybridized carbons (Fsp3) is 0.513. The molecule has 3 aromatic rings. The first kappa shape index (κ1) is 39.4. The standard InChI is InChI=1S/C39H49N7O8S/c1-8-22-17-39(22,35(50)51)45-33(48)29-14-24(18-46(29)34(49)32(38(4,5)6)44-36(52)41-23-11-9-10-12-23)54-31-16-27(28-19-55-37(43-28)40-21(3)47)42-26-13-20(2)30(53-7)15-25(26)31/h8,13,15-16,19,22-24,29,32H,1,9-12,14,17-18H2,2-7H3,(H,45,48)(H,50,51)(H,40,43,47)(H2,41,44,52)/t22-,24-,29+,32-,39-/m1/s1. The molecule has 5 amide bonds. The van der Waals surface area contributed by atoms with Gasteiger partial charge in [0.05, 0.1) is 24.9 Å². The van der Waals surface area contributed by atoms with Crippen LogP contribution >= 0.6 is 11.3 Å². The maximum atomic E-state index is 14.6. The summed E-state index contributed by atoms with van der Waals surface area (Å²) in [6.07, 6.45) is 4.74. The van der Waals surface area contributed by atoms with Gasteiger partial charge in [0.15, 0.2) is 5.13 Å². The minimum absolute atomic E-state index is 0.0196. The van der Waals surface area contributed by atoms with Gasteiger partial charge in [-0.05, 0) is 49.3 Å². The van der Waals surface area contributed by atoms with Gasteiger partial charge in [0.25, 0.3) is 0 Å². The number of aliphatic carboxylic acids is 1. The topological polar surface area (TPSA) is 201 Å². The summed E-state index contributed by atoms with van der Waals surface area (Å²) in [7, 11) is 1.56. The Kier molecular flexibility index (Phi) is 11.1. The predicted molar refractivity (Wildman–Crippen MR) is 207 cm³/mol. The molecule has 6 rings (SSSR count). The van der Waals surface area contributed by atoms with Crippen LogP contribution < -0.4 is 30.7 Å². The second-order valence-corrected chi connectivity index (χ2v) is 16.6. The highest BCUT2D eigenvalue weighted by Crippen LogP contribution is 2.45. The number of urea groups is 1. The molecule has 2 aliphatic carbocycles. The number of carboxylic acids is 1. The predicted octanol–water partition coefficient (Wildman–Crippen LogP) is 4.78. The molecule has 294 valence electrons. The van der Waals surface area contributed by atoms with Gasteiger partial charge in [-0.2, -0.15) is 0 Å². The third-order valence-corrected chi connectivity index (χ3v) is 11.3. The number of aromatic nitrogens is 2. The zero-order valence-corrected chi connectivity index (χ0v) is 32.8. The summed E-state index contributed by atoms with van der Waals surface area (Å²) < 4.78 is 12.3. The first-order valence-electron chi connectivity index (χ1n) is 18.5. The molecular formula is C39H49N7O8S. The molecule has 0 unspecified atom stereocenters. The number of nitrogens with one attached hydrogen (secondary N) is 4. The van der Waals surface area contributed by atoms with E-state index in [-0.39, 0.29) is 31.3 Å². The Morgan fingerprint density at radius 1 is 1.09 bits per heavy atom. The molecule has 3 heterocycles. The summed E-state index contributed by atoms with van der Waals surface area (Å²) in [6.45, 7) is 12.5. The Bertz CT molecular complexity index is 2020. The van der Waals surface area contributed by atoms with Crippen molar-refractivity contribution in [1.82, 2.24) is 30.8 Å². The van der Waals surface area contributed by atoms with Crippen molar-refractivity contribution in [2.75, 3.05) is 19.0 Å². The van der Waals surface area contributed by atoms with Gasteiger partial charge >= 0.3 is 12.0 Å². The average Bonchev–Trinajstić information content (AvgIpc) is 3.52. The molecule has 2 saturated carbocycles. The number of amides is 5. The second kappa shape index (κ2) is 15.5. The zero-order chi connectivity index (χ0) is 39.8. The van der Waals surface area contributed by atoms with Gasteiger partial charge < -0.3 is 40.7 Å². The molecule has 1 aliphatic heterocycles. The van der Waals surface area contributed by atoms with E-state index in [1.54, 1.807) is 18.6 Å². The van der Waals surface area contributed by atoms with Crippen LogP contribution in [0.15, 0.2) is 36.2 Å². The molecule has 15 nitrogen and oxygen atoms in total. The number of pyridine rings is 1. The Balaban J connectivity index is 1.35. The van der Waals surface area contributed by atoms with Gasteiger partial charge in [-0.1, -0.05) is 39.7 Å². The van der Waals surface area contributed by atoms with Crippen LogP contribution in [-0.4, -0.2) is 93.1 Å². The van der Waals surface area contributed by atoms with Crippen LogP contribution in [0.5, 0.6) is 11.5 Å². The van der Waals surface area contributed by atoms with Gasteiger partial charge in [-0.3, -0.25) is 14.4 Å². The highest BCUT2D eigenvalue weighted by Gasteiger charge is 2.61. The Labute approximate surface area is 323 Å². The highest BCUT2D eigenvalue weighted by atomic mass is 32.1. The normalized spacial score (nSPS) is 22.8. The number of likely N-dealkylation sites (tertiary alicyclic amines) is 1. The van der Waals surface area contributed by atoms with Gasteiger partial charge in [-0.25, -0.2) is 19.6 Å². The van der Waals surface area contributed by atoms with Gasteiger partial charge in [0, 0.05) is 42.1 Å². The second-order valence-electron chi connectivity index (χ2n) is 15.8. The fourth-order valence-corrected chi connectivity index (χ4v) is 8.24. The summed E-state index contributed by atoms with van der Waals surface area (Å²) in [6, 6.07) is 2.80. The number of methoxy groups -OCH3 is 1. The van der Waals surface area contributed by atoms with Gasteiger partial charge in [-0.15, -0.1) is 17.9 Å². The summed E-state index contributed by atoms with van der Waals surface area (Å²) in [5, 5.41) is 24.2. The number of aryl methyl sites for hydroxylation is 1. The van der Waals surface area contributed by atoms with Gasteiger partial charge in [0.2, 0.25) is 17.7 Å². The molecule has 0 radical (unpaired) electrons. The molecule has 16 heteroatoms. The Hall–Kier alpha value is -5.25. The molecule has 0 spiro atoms. The van der Waals surface area contributed by atoms with E-state index in [0.29, 0.717) is 38.9 Å². The molecule has 3 fully saturated rings. The zero-order valence-electron chi connectivity index (χ0n) is 32.0. The van der Waals surface area contributed by atoms with Crippen molar-refractivity contribution in [1.29, 1.82) is 0 Å². The van der Waals surface area contributed by atoms with Crippen LogP contribution in [0.3, 0.4) is 0 Å². The lowest BCUT2D eigenvalue weighted by atomic mass is 9.85. The van der Waals surface area contributed by atoms with Crippen molar-refractivity contribution in [2.45, 2.75) is 103 Å². The molecule has 1 saturated heterocycles. The van der Waals surface area contributed by atoms with Crippen LogP contribution in [0.4, 0.5) is 9.93 Å². The van der Waals surface area contributed by atoms with Crippen LogP contribution in [0, 0.1) is 18.3 Å². The van der Waals surface area contributed by atoms with E-state index in [1.165, 1.54) is 29.2 Å². The van der Waals surface area contributed by atoms with E-state index in [1.807, 2.05) is 39.8 Å². The molecule has 3 aliphatic rings. The van der Waals surface area contributed by atoms with Crippen molar-refractivity contribution in [3.8, 4) is 22.9 Å². The lowest BCUT2D eigenvalue weighted by molar-refractivity contribution is -0.146. The minimum atomic E-state index is -1.52. The number of ether oxygens (including phenoxy) is 2. The first-order chi connectivity index (χ1) is 26.0. The number of fused-ring (bicyclic) bond motifs is 1. The highest BCUT2D eigenvalue weighted by molar-refractivity contribution is 7.14. The number of hydrogen-bond acceptors (Lipinski definition) is 10. The summed E-state index contributed by atoms with van der Waals surface area (Å²) >= 11 is 1.25. The molecular weight excluding hydrogens is 727 g/mol. The maximum absolute atomic E-state index is 14.6. The van der Waals surface area contributed by atoms with E-state index in [0.717, 1.165) is 31.2 Å². The van der Waals surface area contributed by atoms with E-state index < -0.39 is 58.9 Å². The molecule has 0 bridgehead atoms. The Morgan fingerprint density at radius 2 is 1.82 bits per heavy atom. The van der Waals surface area contributed by atoms with Crippen LogP contribution in [0.1, 0.15) is 71.8 Å². The molecule has 1 aromatic carbocycles. The summed E-state index contributed by atoms with van der Waals surface area (Å²) in [5.74, 6) is -2.05. The lowest BCUT2D eigenvalue weighted by Gasteiger charge is -2.35. The quantitative estimate of drug-likeness (QED) is 0.160. The SMILES string of the molecule is C=C[C@@H]1C[C@]1(NC(=O)[C@@H]1C[C@@H](Oc2cc(-c3csc(NC(C)=O)n3)nc3cc(C)c(OC)cc23)CN1C(=O)[C@@H](NC(=O)NC1CCCC1)C(C)(C)C)C(=O)O. The lowest BCUT2D eigenvalue weighted by Crippen LogP contribution is -2.60. The number of thiazole rings is 1. The molecule has 5 N–H and O–H groups in total. The largest absolute Gasteiger partial charge is 0.496 e. The van der Waals surface area contributed by atoms with Crippen LogP contribution in [0.25, 0.3) is 22.3 Å². The van der Waals surface area contributed by atoms with E-state index in [4.69, 9.17) is 14.5 Å². The fourth-order valence-electron chi connectivity index (χ4n) is 7.49. The van der Waals surface area contributed by atoms with E-state index in [9.17, 15) is 29.1 Å². The molecule has 2 aromatic heterocycles. The van der Waals surface area contributed by atoms with Crippen molar-refractivity contribution in [3.63, 3.8) is 0 Å². The van der Waals surface area contributed by atoms with E-state index >= 15 is 0 Å². The number of nitrogens with zero attached hydrogens (tertiary/aromatic N) is 3.